The fourth-order valence-corrected chi connectivity index (χ4v) is 5.94. The van der Waals surface area contributed by atoms with Crippen LogP contribution in [0.15, 0.2) is 24.3 Å². The van der Waals surface area contributed by atoms with Gasteiger partial charge >= 0.3 is 0 Å². The highest BCUT2D eigenvalue weighted by molar-refractivity contribution is 5.95. The molecule has 27 heavy (non-hydrogen) atoms. The molecule has 1 aromatic rings. The van der Waals surface area contributed by atoms with Crippen LogP contribution in [0.25, 0.3) is 0 Å². The zero-order valence-electron chi connectivity index (χ0n) is 17.2. The van der Waals surface area contributed by atoms with E-state index < -0.39 is 0 Å². The highest BCUT2D eigenvalue weighted by Crippen LogP contribution is 2.62. The molecule has 0 radical (unpaired) electrons. The SMILES string of the molecule is CN(C)C[C@@]12CN(C(=O)c3ccc(N4CCOCC4)cc3)C[C@@H]1C(C)(C)C2. The molecule has 2 aliphatic heterocycles. The van der Waals surface area contributed by atoms with Crippen LogP contribution in [0.2, 0.25) is 0 Å². The van der Waals surface area contributed by atoms with E-state index in [4.69, 9.17) is 4.74 Å². The molecule has 2 atom stereocenters. The summed E-state index contributed by atoms with van der Waals surface area (Å²) in [6.07, 6.45) is 1.21. The predicted molar refractivity (Wildman–Crippen MR) is 108 cm³/mol. The lowest BCUT2D eigenvalue weighted by atomic mass is 9.48. The fraction of sp³-hybridized carbons (Fsp3) is 0.682. The highest BCUT2D eigenvalue weighted by Gasteiger charge is 2.63. The van der Waals surface area contributed by atoms with Gasteiger partial charge in [-0.15, -0.1) is 0 Å². The van der Waals surface area contributed by atoms with Crippen LogP contribution < -0.4 is 4.90 Å². The summed E-state index contributed by atoms with van der Waals surface area (Å²) in [5.74, 6) is 0.788. The summed E-state index contributed by atoms with van der Waals surface area (Å²) in [7, 11) is 4.29. The van der Waals surface area contributed by atoms with E-state index in [2.05, 4.69) is 54.8 Å². The number of anilines is 1. The lowest BCUT2D eigenvalue weighted by Crippen LogP contribution is -2.57. The number of amides is 1. The van der Waals surface area contributed by atoms with E-state index >= 15 is 0 Å². The summed E-state index contributed by atoms with van der Waals surface area (Å²) >= 11 is 0. The smallest absolute Gasteiger partial charge is 0.253 e. The number of carbonyl (C=O) groups is 1. The number of rotatable bonds is 4. The summed E-state index contributed by atoms with van der Waals surface area (Å²) in [6.45, 7) is 11.0. The third kappa shape index (κ3) is 3.36. The van der Waals surface area contributed by atoms with Crippen LogP contribution in [0, 0.1) is 16.7 Å². The largest absolute Gasteiger partial charge is 0.378 e. The zero-order valence-corrected chi connectivity index (χ0v) is 17.2. The summed E-state index contributed by atoms with van der Waals surface area (Å²) in [5.41, 5.74) is 2.61. The topological polar surface area (TPSA) is 36.0 Å². The van der Waals surface area contributed by atoms with Gasteiger partial charge in [0.25, 0.3) is 5.91 Å². The number of carbonyl (C=O) groups excluding carboxylic acids is 1. The van der Waals surface area contributed by atoms with Gasteiger partial charge in [-0.25, -0.2) is 0 Å². The van der Waals surface area contributed by atoms with Crippen LogP contribution >= 0.6 is 0 Å². The van der Waals surface area contributed by atoms with Crippen molar-refractivity contribution in [2.45, 2.75) is 20.3 Å². The molecule has 2 saturated heterocycles. The van der Waals surface area contributed by atoms with Crippen LogP contribution in [0.4, 0.5) is 5.69 Å². The van der Waals surface area contributed by atoms with Crippen molar-refractivity contribution in [2.75, 3.05) is 64.9 Å². The number of hydrogen-bond acceptors (Lipinski definition) is 4. The van der Waals surface area contributed by atoms with Gasteiger partial charge in [0, 0.05) is 49.4 Å². The number of ether oxygens (including phenoxy) is 1. The minimum absolute atomic E-state index is 0.187. The van der Waals surface area contributed by atoms with Crippen molar-refractivity contribution in [2.24, 2.45) is 16.7 Å². The molecule has 0 unspecified atom stereocenters. The van der Waals surface area contributed by atoms with E-state index in [0.29, 0.717) is 11.3 Å². The predicted octanol–water partition coefficient (Wildman–Crippen LogP) is 2.57. The molecule has 1 aliphatic carbocycles. The Labute approximate surface area is 163 Å². The molecule has 0 aromatic heterocycles. The maximum absolute atomic E-state index is 13.2. The van der Waals surface area contributed by atoms with Crippen molar-refractivity contribution in [3.63, 3.8) is 0 Å². The van der Waals surface area contributed by atoms with Crippen molar-refractivity contribution in [1.82, 2.24) is 9.80 Å². The molecule has 5 nitrogen and oxygen atoms in total. The molecular weight excluding hydrogens is 338 g/mol. The lowest BCUT2D eigenvalue weighted by molar-refractivity contribution is -0.0789. The van der Waals surface area contributed by atoms with Gasteiger partial charge in [0.15, 0.2) is 0 Å². The van der Waals surface area contributed by atoms with Crippen molar-refractivity contribution in [3.8, 4) is 0 Å². The molecule has 5 heteroatoms. The lowest BCUT2D eigenvalue weighted by Gasteiger charge is -2.57. The van der Waals surface area contributed by atoms with Crippen LogP contribution in [-0.4, -0.2) is 75.7 Å². The highest BCUT2D eigenvalue weighted by atomic mass is 16.5. The first-order chi connectivity index (χ1) is 12.8. The summed E-state index contributed by atoms with van der Waals surface area (Å²) in [4.78, 5) is 19.9. The molecule has 3 aliphatic rings. The van der Waals surface area contributed by atoms with E-state index in [1.54, 1.807) is 0 Å². The Morgan fingerprint density at radius 1 is 1.19 bits per heavy atom. The summed E-state index contributed by atoms with van der Waals surface area (Å²) in [5, 5.41) is 0. The number of benzene rings is 1. The first-order valence-corrected chi connectivity index (χ1v) is 10.2. The molecule has 148 valence electrons. The third-order valence-corrected chi connectivity index (χ3v) is 6.81. The van der Waals surface area contributed by atoms with Gasteiger partial charge in [0.05, 0.1) is 13.2 Å². The summed E-state index contributed by atoms with van der Waals surface area (Å²) in [6, 6.07) is 8.17. The van der Waals surface area contributed by atoms with Gasteiger partial charge in [-0.2, -0.15) is 0 Å². The van der Waals surface area contributed by atoms with Crippen LogP contribution in [-0.2, 0) is 4.74 Å². The molecule has 0 bridgehead atoms. The van der Waals surface area contributed by atoms with Crippen LogP contribution in [0.5, 0.6) is 0 Å². The Morgan fingerprint density at radius 3 is 2.44 bits per heavy atom. The van der Waals surface area contributed by atoms with E-state index in [1.807, 2.05) is 12.1 Å². The second-order valence-corrected chi connectivity index (χ2v) is 9.65. The average molecular weight is 372 g/mol. The van der Waals surface area contributed by atoms with E-state index in [0.717, 1.165) is 51.5 Å². The minimum atomic E-state index is 0.187. The normalized spacial score (nSPS) is 29.6. The van der Waals surface area contributed by atoms with Gasteiger partial charge in [-0.1, -0.05) is 13.8 Å². The molecule has 0 spiro atoms. The molecule has 0 N–H and O–H groups in total. The Bertz CT molecular complexity index is 690. The maximum Gasteiger partial charge on any atom is 0.253 e. The zero-order chi connectivity index (χ0) is 19.2. The van der Waals surface area contributed by atoms with Gasteiger partial charge in [0.2, 0.25) is 0 Å². The van der Waals surface area contributed by atoms with Gasteiger partial charge in [-0.05, 0) is 56.1 Å². The van der Waals surface area contributed by atoms with Gasteiger partial charge < -0.3 is 19.4 Å². The monoisotopic (exact) mass is 371 g/mol. The summed E-state index contributed by atoms with van der Waals surface area (Å²) < 4.78 is 5.42. The van der Waals surface area contributed by atoms with E-state index in [-0.39, 0.29) is 11.3 Å². The number of hydrogen-bond donors (Lipinski definition) is 0. The first-order valence-electron chi connectivity index (χ1n) is 10.2. The molecule has 2 heterocycles. The quantitative estimate of drug-likeness (QED) is 0.815. The molecule has 1 amide bonds. The van der Waals surface area contributed by atoms with Crippen LogP contribution in [0.1, 0.15) is 30.6 Å². The standard InChI is InChI=1S/C22H33N3O2/c1-21(2)14-22(15-23(3)4)16-25(13-19(21)22)20(26)17-5-7-18(8-6-17)24-9-11-27-12-10-24/h5-8,19H,9-16H2,1-4H3/t19-,22+/m1/s1. The Morgan fingerprint density at radius 2 is 1.85 bits per heavy atom. The fourth-order valence-electron chi connectivity index (χ4n) is 5.94. The number of morpholine rings is 1. The van der Waals surface area contributed by atoms with E-state index in [9.17, 15) is 4.79 Å². The van der Waals surface area contributed by atoms with Crippen molar-refractivity contribution in [3.05, 3.63) is 29.8 Å². The molecule has 1 aromatic carbocycles. The van der Waals surface area contributed by atoms with Crippen LogP contribution in [0.3, 0.4) is 0 Å². The second kappa shape index (κ2) is 6.78. The minimum Gasteiger partial charge on any atom is -0.378 e. The first kappa shape index (κ1) is 18.8. The van der Waals surface area contributed by atoms with Crippen molar-refractivity contribution in [1.29, 1.82) is 0 Å². The second-order valence-electron chi connectivity index (χ2n) is 9.65. The number of fused-ring (bicyclic) bond motifs is 1. The molecule has 3 fully saturated rings. The van der Waals surface area contributed by atoms with Crippen molar-refractivity contribution < 1.29 is 9.53 Å². The molecular formula is C22H33N3O2. The molecule has 4 rings (SSSR count). The number of likely N-dealkylation sites (tertiary alicyclic amines) is 1. The average Bonchev–Trinajstić information content (AvgIpc) is 2.95. The Balaban J connectivity index is 1.47. The van der Waals surface area contributed by atoms with Gasteiger partial charge in [0.1, 0.15) is 0 Å². The maximum atomic E-state index is 13.2. The van der Waals surface area contributed by atoms with Crippen molar-refractivity contribution >= 4 is 11.6 Å². The van der Waals surface area contributed by atoms with Gasteiger partial charge in [-0.3, -0.25) is 4.79 Å². The van der Waals surface area contributed by atoms with E-state index in [1.165, 1.54) is 12.1 Å². The number of nitrogens with zero attached hydrogens (tertiary/aromatic N) is 3. The molecule has 1 saturated carbocycles. The third-order valence-electron chi connectivity index (χ3n) is 6.81. The Kier molecular flexibility index (Phi) is 4.71. The Hall–Kier alpha value is -1.59.